The van der Waals surface area contributed by atoms with E-state index in [1.165, 1.54) is 19.2 Å². The molecule has 1 fully saturated rings. The van der Waals surface area contributed by atoms with Crippen molar-refractivity contribution in [3.63, 3.8) is 0 Å². The number of nitrogens with one attached hydrogen (secondary N) is 1. The summed E-state index contributed by atoms with van der Waals surface area (Å²) < 4.78 is 51.1. The number of alkyl halides is 3. The van der Waals surface area contributed by atoms with E-state index in [0.717, 1.165) is 11.4 Å². The van der Waals surface area contributed by atoms with E-state index < -0.39 is 24.2 Å². The van der Waals surface area contributed by atoms with E-state index in [9.17, 15) is 18.0 Å². The molecule has 2 aromatic heterocycles. The summed E-state index contributed by atoms with van der Waals surface area (Å²) in [5, 5.41) is 7.32. The smallest absolute Gasteiger partial charge is 0.396 e. The fourth-order valence-electron chi connectivity index (χ4n) is 2.89. The van der Waals surface area contributed by atoms with E-state index in [4.69, 9.17) is 21.1 Å². The van der Waals surface area contributed by atoms with Crippen LogP contribution < -0.4 is 5.32 Å². The lowest BCUT2D eigenvalue weighted by Gasteiger charge is -2.31. The van der Waals surface area contributed by atoms with Crippen LogP contribution in [0, 0.1) is 0 Å². The molecule has 1 saturated heterocycles. The lowest BCUT2D eigenvalue weighted by Crippen LogP contribution is -2.44. The second-order valence-electron chi connectivity index (χ2n) is 6.32. The average Bonchev–Trinajstić information content (AvgIpc) is 2.91. The molecule has 0 spiro atoms. The highest BCUT2D eigenvalue weighted by molar-refractivity contribution is 6.34. The summed E-state index contributed by atoms with van der Waals surface area (Å²) in [7, 11) is 0. The summed E-state index contributed by atoms with van der Waals surface area (Å²) in [6, 6.07) is 0.915. The summed E-state index contributed by atoms with van der Waals surface area (Å²) in [4.78, 5) is 15.4. The van der Waals surface area contributed by atoms with Gasteiger partial charge in [-0.2, -0.15) is 13.2 Å². The molecule has 0 saturated carbocycles. The number of aromatic nitrogens is 3. The maximum atomic E-state index is 13.1. The van der Waals surface area contributed by atoms with Gasteiger partial charge in [0.15, 0.2) is 0 Å². The number of esters is 1. The zero-order valence-corrected chi connectivity index (χ0v) is 15.3. The van der Waals surface area contributed by atoms with E-state index in [1.54, 1.807) is 0 Å². The third kappa shape index (κ3) is 4.27. The minimum absolute atomic E-state index is 0.0866. The first-order valence-electron chi connectivity index (χ1n) is 8.29. The SMILES string of the molecule is CC(=O)O[C@@H]1COCC[C@H]1Nc1ncc2c(Cl)cc(C(C)C(F)(F)F)n2n1. The van der Waals surface area contributed by atoms with Gasteiger partial charge in [0.25, 0.3) is 0 Å². The van der Waals surface area contributed by atoms with Gasteiger partial charge >= 0.3 is 12.1 Å². The molecule has 3 heterocycles. The van der Waals surface area contributed by atoms with Gasteiger partial charge in [0.2, 0.25) is 5.95 Å². The number of carbonyl (C=O) groups is 1. The Labute approximate surface area is 157 Å². The summed E-state index contributed by atoms with van der Waals surface area (Å²) in [6.45, 7) is 3.00. The Bertz CT molecular complexity index is 842. The minimum Gasteiger partial charge on any atom is -0.458 e. The number of rotatable bonds is 4. The Morgan fingerprint density at radius 2 is 2.26 bits per heavy atom. The predicted molar refractivity (Wildman–Crippen MR) is 90.9 cm³/mol. The molecule has 0 aliphatic carbocycles. The molecule has 11 heteroatoms. The summed E-state index contributed by atoms with van der Waals surface area (Å²) in [5.41, 5.74) is 0.188. The van der Waals surface area contributed by atoms with Gasteiger partial charge in [0, 0.05) is 13.5 Å². The molecule has 1 unspecified atom stereocenters. The number of anilines is 1. The van der Waals surface area contributed by atoms with E-state index in [0.29, 0.717) is 13.0 Å². The standard InChI is InChI=1S/C16H18ClF3N4O3/c1-8(16(18,19)20)12-5-10(17)13-6-21-15(23-24(12)13)22-11-3-4-26-7-14(11)27-9(2)25/h5-6,8,11,14H,3-4,7H2,1-2H3,(H,22,23)/t8?,11-,14-/m1/s1. The largest absolute Gasteiger partial charge is 0.458 e. The molecule has 3 atom stereocenters. The Morgan fingerprint density at radius 1 is 1.52 bits per heavy atom. The molecule has 0 aromatic carbocycles. The van der Waals surface area contributed by atoms with Crippen molar-refractivity contribution in [1.29, 1.82) is 0 Å². The van der Waals surface area contributed by atoms with Crippen LogP contribution in [0.15, 0.2) is 12.3 Å². The van der Waals surface area contributed by atoms with Gasteiger partial charge < -0.3 is 14.8 Å². The Morgan fingerprint density at radius 3 is 2.93 bits per heavy atom. The maximum absolute atomic E-state index is 13.1. The fourth-order valence-corrected chi connectivity index (χ4v) is 3.13. The fraction of sp³-hybridized carbons (Fsp3) is 0.562. The number of fused-ring (bicyclic) bond motifs is 1. The molecular formula is C16H18ClF3N4O3. The number of hydrogen-bond donors (Lipinski definition) is 1. The molecule has 7 nitrogen and oxygen atoms in total. The maximum Gasteiger partial charge on any atom is 0.396 e. The number of ether oxygens (including phenoxy) is 2. The number of halogens is 4. The number of nitrogens with zero attached hydrogens (tertiary/aromatic N) is 3. The van der Waals surface area contributed by atoms with Crippen molar-refractivity contribution < 1.29 is 27.4 Å². The first-order chi connectivity index (χ1) is 12.7. The van der Waals surface area contributed by atoms with E-state index >= 15 is 0 Å². The molecule has 148 valence electrons. The van der Waals surface area contributed by atoms with Gasteiger partial charge in [-0.05, 0) is 19.4 Å². The lowest BCUT2D eigenvalue weighted by molar-refractivity contribution is -0.153. The third-order valence-corrected chi connectivity index (χ3v) is 4.67. The van der Waals surface area contributed by atoms with Crippen LogP contribution in [0.4, 0.5) is 19.1 Å². The second kappa shape index (κ2) is 7.51. The lowest BCUT2D eigenvalue weighted by atomic mass is 10.1. The van der Waals surface area contributed by atoms with Crippen molar-refractivity contribution in [1.82, 2.24) is 14.6 Å². The zero-order chi connectivity index (χ0) is 19.8. The normalized spacial score (nSPS) is 21.9. The predicted octanol–water partition coefficient (Wildman–Crippen LogP) is 3.18. The quantitative estimate of drug-likeness (QED) is 0.786. The van der Waals surface area contributed by atoms with Crippen molar-refractivity contribution in [2.75, 3.05) is 18.5 Å². The van der Waals surface area contributed by atoms with Crippen LogP contribution in [0.5, 0.6) is 0 Å². The first kappa shape index (κ1) is 19.7. The highest BCUT2D eigenvalue weighted by atomic mass is 35.5. The zero-order valence-electron chi connectivity index (χ0n) is 14.6. The van der Waals surface area contributed by atoms with Crippen LogP contribution in [0.3, 0.4) is 0 Å². The first-order valence-corrected chi connectivity index (χ1v) is 8.67. The highest BCUT2D eigenvalue weighted by Crippen LogP contribution is 2.37. The number of hydrogen-bond acceptors (Lipinski definition) is 6. The molecule has 1 aliphatic heterocycles. The van der Waals surface area contributed by atoms with Crippen molar-refractivity contribution in [2.45, 2.75) is 44.5 Å². The molecule has 0 bridgehead atoms. The molecule has 1 N–H and O–H groups in total. The van der Waals surface area contributed by atoms with E-state index in [-0.39, 0.29) is 34.8 Å². The Hall–Kier alpha value is -2.07. The average molecular weight is 407 g/mol. The Kier molecular flexibility index (Phi) is 5.48. The van der Waals surface area contributed by atoms with Crippen molar-refractivity contribution >= 4 is 29.0 Å². The van der Waals surface area contributed by atoms with Gasteiger partial charge in [-0.25, -0.2) is 9.50 Å². The van der Waals surface area contributed by atoms with Gasteiger partial charge in [-0.15, -0.1) is 5.10 Å². The molecule has 1 aliphatic rings. The second-order valence-corrected chi connectivity index (χ2v) is 6.73. The van der Waals surface area contributed by atoms with Gasteiger partial charge in [0.05, 0.1) is 35.5 Å². The number of carbonyl (C=O) groups excluding carboxylic acids is 1. The van der Waals surface area contributed by atoms with Crippen molar-refractivity contribution in [3.05, 3.63) is 23.0 Å². The molecule has 2 aromatic rings. The van der Waals surface area contributed by atoms with E-state index in [2.05, 4.69) is 15.4 Å². The molecule has 0 amide bonds. The highest BCUT2D eigenvalue weighted by Gasteiger charge is 2.39. The third-order valence-electron chi connectivity index (χ3n) is 4.37. The molecule has 0 radical (unpaired) electrons. The van der Waals surface area contributed by atoms with Crippen LogP contribution in [0.2, 0.25) is 5.02 Å². The van der Waals surface area contributed by atoms with Gasteiger partial charge in [-0.1, -0.05) is 11.6 Å². The van der Waals surface area contributed by atoms with Crippen molar-refractivity contribution in [2.24, 2.45) is 0 Å². The van der Waals surface area contributed by atoms with Crippen molar-refractivity contribution in [3.8, 4) is 0 Å². The van der Waals surface area contributed by atoms with Crippen LogP contribution in [0.25, 0.3) is 5.52 Å². The molecule has 3 rings (SSSR count). The van der Waals surface area contributed by atoms with Gasteiger partial charge in [0.1, 0.15) is 11.6 Å². The van der Waals surface area contributed by atoms with Crippen LogP contribution in [0.1, 0.15) is 31.9 Å². The minimum atomic E-state index is -4.43. The summed E-state index contributed by atoms with van der Waals surface area (Å²) >= 11 is 6.03. The molecule has 27 heavy (non-hydrogen) atoms. The van der Waals surface area contributed by atoms with Gasteiger partial charge in [-0.3, -0.25) is 4.79 Å². The van der Waals surface area contributed by atoms with Crippen LogP contribution in [-0.4, -0.2) is 52.1 Å². The van der Waals surface area contributed by atoms with E-state index in [1.807, 2.05) is 0 Å². The van der Waals surface area contributed by atoms with Crippen LogP contribution >= 0.6 is 11.6 Å². The summed E-state index contributed by atoms with van der Waals surface area (Å²) in [6.07, 6.45) is -3.10. The van der Waals surface area contributed by atoms with Crippen LogP contribution in [-0.2, 0) is 14.3 Å². The summed E-state index contributed by atoms with van der Waals surface area (Å²) in [5.74, 6) is -2.10. The Balaban J connectivity index is 1.90. The monoisotopic (exact) mass is 406 g/mol. The molecular weight excluding hydrogens is 389 g/mol. The topological polar surface area (TPSA) is 77.8 Å².